The largest absolute Gasteiger partial charge is 0.423 e. The van der Waals surface area contributed by atoms with Crippen molar-refractivity contribution in [3.8, 4) is 5.75 Å². The molecule has 0 unspecified atom stereocenters. The zero-order valence-corrected chi connectivity index (χ0v) is 22.5. The van der Waals surface area contributed by atoms with E-state index < -0.39 is 21.9 Å². The predicted molar refractivity (Wildman–Crippen MR) is 148 cm³/mol. The summed E-state index contributed by atoms with van der Waals surface area (Å²) in [6, 6.07) is 26.0. The van der Waals surface area contributed by atoms with Gasteiger partial charge in [-0.3, -0.25) is 4.79 Å². The minimum Gasteiger partial charge on any atom is -0.423 e. The van der Waals surface area contributed by atoms with Crippen LogP contribution in [0.15, 0.2) is 102 Å². The quantitative estimate of drug-likeness (QED) is 0.198. The minimum atomic E-state index is -4.26. The van der Waals surface area contributed by atoms with Gasteiger partial charge in [-0.2, -0.15) is 4.31 Å². The Morgan fingerprint density at radius 1 is 0.684 bits per heavy atom. The molecule has 38 heavy (non-hydrogen) atoms. The molecule has 0 saturated carbocycles. The third kappa shape index (κ3) is 5.84. The van der Waals surface area contributed by atoms with E-state index in [4.69, 9.17) is 4.74 Å². The summed E-state index contributed by atoms with van der Waals surface area (Å²) in [7, 11) is -4.26. The minimum absolute atomic E-state index is 0.00256. The van der Waals surface area contributed by atoms with Crippen molar-refractivity contribution in [1.82, 2.24) is 0 Å². The predicted octanol–water partition coefficient (Wildman–Crippen LogP) is 6.68. The van der Waals surface area contributed by atoms with Crippen LogP contribution in [0.5, 0.6) is 5.75 Å². The van der Waals surface area contributed by atoms with Crippen LogP contribution in [0.4, 0.5) is 5.69 Å². The Balaban J connectivity index is 1.69. The van der Waals surface area contributed by atoms with Crippen LogP contribution < -0.4 is 9.04 Å². The van der Waals surface area contributed by atoms with E-state index in [1.54, 1.807) is 48.5 Å². The van der Waals surface area contributed by atoms with Gasteiger partial charge < -0.3 is 4.74 Å². The van der Waals surface area contributed by atoms with E-state index in [1.165, 1.54) is 36.4 Å². The van der Waals surface area contributed by atoms with Crippen molar-refractivity contribution in [2.45, 2.75) is 38.5 Å². The van der Waals surface area contributed by atoms with Crippen molar-refractivity contribution in [3.05, 3.63) is 125 Å². The fourth-order valence-corrected chi connectivity index (χ4v) is 5.23. The molecule has 0 radical (unpaired) electrons. The van der Waals surface area contributed by atoms with Crippen molar-refractivity contribution < 1.29 is 22.7 Å². The number of sulfonamides is 1. The fourth-order valence-electron chi connectivity index (χ4n) is 3.81. The number of esters is 1. The lowest BCUT2D eigenvalue weighted by Crippen LogP contribution is -2.37. The molecule has 4 aromatic rings. The summed E-state index contributed by atoms with van der Waals surface area (Å²) in [4.78, 5) is 26.1. The van der Waals surface area contributed by atoms with E-state index in [0.29, 0.717) is 5.56 Å². The molecule has 0 heterocycles. The van der Waals surface area contributed by atoms with Crippen LogP contribution in [-0.2, 0) is 10.0 Å². The molecule has 0 bridgehead atoms. The molecule has 0 saturated heterocycles. The summed E-state index contributed by atoms with van der Waals surface area (Å²) in [6.07, 6.45) is 0. The maximum absolute atomic E-state index is 13.8. The molecule has 194 valence electrons. The Bertz CT molecular complexity index is 1540. The van der Waals surface area contributed by atoms with Crippen molar-refractivity contribution in [3.63, 3.8) is 0 Å². The molecule has 0 aliphatic carbocycles. The van der Waals surface area contributed by atoms with E-state index >= 15 is 0 Å². The highest BCUT2D eigenvalue weighted by Gasteiger charge is 2.32. The maximum Gasteiger partial charge on any atom is 0.343 e. The summed E-state index contributed by atoms with van der Waals surface area (Å²) >= 11 is 0. The van der Waals surface area contributed by atoms with Gasteiger partial charge in [-0.15, -0.1) is 0 Å². The first kappa shape index (κ1) is 26.8. The van der Waals surface area contributed by atoms with Crippen LogP contribution in [0.2, 0.25) is 0 Å². The zero-order chi connectivity index (χ0) is 27.4. The molecule has 4 rings (SSSR count). The standard InChI is InChI=1S/C31H29NO5S/c1-21(2)24-13-19-29(20-14-24)38(35,36)32(30(33)25-9-5-22(3)6-10-25)27-15-17-28(18-16-27)37-31(34)26-11-7-23(4)8-12-26/h5-21H,1-4H3. The van der Waals surface area contributed by atoms with Gasteiger partial charge in [0.25, 0.3) is 15.9 Å². The van der Waals surface area contributed by atoms with Crippen molar-refractivity contribution in [2.75, 3.05) is 4.31 Å². The molecule has 7 heteroatoms. The van der Waals surface area contributed by atoms with E-state index in [-0.39, 0.29) is 27.8 Å². The number of rotatable bonds is 7. The highest BCUT2D eigenvalue weighted by Crippen LogP contribution is 2.29. The number of nitrogens with zero attached hydrogens (tertiary/aromatic N) is 1. The lowest BCUT2D eigenvalue weighted by molar-refractivity contribution is 0.0734. The molecule has 0 N–H and O–H groups in total. The molecule has 1 amide bonds. The number of hydrogen-bond donors (Lipinski definition) is 0. The third-order valence-corrected chi connectivity index (χ3v) is 7.86. The van der Waals surface area contributed by atoms with E-state index in [1.807, 2.05) is 39.8 Å². The Hall–Kier alpha value is -4.23. The first-order valence-corrected chi connectivity index (χ1v) is 13.7. The van der Waals surface area contributed by atoms with Crippen LogP contribution in [0.3, 0.4) is 0 Å². The molecule has 0 atom stereocenters. The molecule has 4 aromatic carbocycles. The van der Waals surface area contributed by atoms with Crippen LogP contribution in [0.25, 0.3) is 0 Å². The van der Waals surface area contributed by atoms with E-state index in [0.717, 1.165) is 21.0 Å². The number of benzene rings is 4. The van der Waals surface area contributed by atoms with Gasteiger partial charge in [0.2, 0.25) is 0 Å². The second-order valence-corrected chi connectivity index (χ2v) is 11.2. The lowest BCUT2D eigenvalue weighted by atomic mass is 10.0. The average Bonchev–Trinajstić information content (AvgIpc) is 2.90. The smallest absolute Gasteiger partial charge is 0.343 e. The summed E-state index contributed by atoms with van der Waals surface area (Å²) in [5, 5.41) is 0. The summed E-state index contributed by atoms with van der Waals surface area (Å²) in [5.74, 6) is -0.779. The number of aryl methyl sites for hydroxylation is 2. The molecule has 0 aliphatic heterocycles. The van der Waals surface area contributed by atoms with Gasteiger partial charge in [0, 0.05) is 5.56 Å². The first-order valence-electron chi connectivity index (χ1n) is 12.2. The summed E-state index contributed by atoms with van der Waals surface area (Å²) in [6.45, 7) is 7.84. The molecule has 0 spiro atoms. The number of carbonyl (C=O) groups excluding carboxylic acids is 2. The molecule has 0 fully saturated rings. The topological polar surface area (TPSA) is 80.8 Å². The van der Waals surface area contributed by atoms with Gasteiger partial charge >= 0.3 is 5.97 Å². The monoisotopic (exact) mass is 527 g/mol. The van der Waals surface area contributed by atoms with Gasteiger partial charge in [-0.1, -0.05) is 61.4 Å². The van der Waals surface area contributed by atoms with Gasteiger partial charge in [0.15, 0.2) is 0 Å². The maximum atomic E-state index is 13.8. The number of hydrogen-bond acceptors (Lipinski definition) is 5. The highest BCUT2D eigenvalue weighted by molar-refractivity contribution is 7.93. The number of anilines is 1. The van der Waals surface area contributed by atoms with Gasteiger partial charge in [0.05, 0.1) is 16.1 Å². The van der Waals surface area contributed by atoms with Crippen molar-refractivity contribution >= 4 is 27.6 Å². The Labute approximate surface area is 223 Å². The van der Waals surface area contributed by atoms with E-state index in [2.05, 4.69) is 0 Å². The third-order valence-electron chi connectivity index (χ3n) is 6.14. The highest BCUT2D eigenvalue weighted by atomic mass is 32.2. The van der Waals surface area contributed by atoms with E-state index in [9.17, 15) is 18.0 Å². The normalized spacial score (nSPS) is 11.3. The van der Waals surface area contributed by atoms with Gasteiger partial charge in [-0.05, 0) is 86.0 Å². The molecular formula is C31H29NO5S. The second kappa shape index (κ2) is 11.0. The molecule has 0 aromatic heterocycles. The Morgan fingerprint density at radius 3 is 1.68 bits per heavy atom. The van der Waals surface area contributed by atoms with Gasteiger partial charge in [0.1, 0.15) is 5.75 Å². The average molecular weight is 528 g/mol. The van der Waals surface area contributed by atoms with Crippen LogP contribution in [-0.4, -0.2) is 20.3 Å². The lowest BCUT2D eigenvalue weighted by Gasteiger charge is -2.23. The number of carbonyl (C=O) groups is 2. The second-order valence-electron chi connectivity index (χ2n) is 9.41. The van der Waals surface area contributed by atoms with Crippen molar-refractivity contribution in [1.29, 1.82) is 0 Å². The van der Waals surface area contributed by atoms with Crippen LogP contribution in [0.1, 0.15) is 57.2 Å². The van der Waals surface area contributed by atoms with Crippen LogP contribution in [0, 0.1) is 13.8 Å². The Morgan fingerprint density at radius 2 is 1.18 bits per heavy atom. The van der Waals surface area contributed by atoms with Gasteiger partial charge in [-0.25, -0.2) is 13.2 Å². The zero-order valence-electron chi connectivity index (χ0n) is 21.7. The SMILES string of the molecule is Cc1ccc(C(=O)Oc2ccc(N(C(=O)c3ccc(C)cc3)S(=O)(=O)c3ccc(C(C)C)cc3)cc2)cc1. The van der Waals surface area contributed by atoms with Crippen molar-refractivity contribution in [2.24, 2.45) is 0 Å². The molecule has 0 aliphatic rings. The summed E-state index contributed by atoms with van der Waals surface area (Å²) in [5.41, 5.74) is 3.69. The first-order chi connectivity index (χ1) is 18.1. The molecule has 6 nitrogen and oxygen atoms in total. The summed E-state index contributed by atoms with van der Waals surface area (Å²) < 4.78 is 33.8. The Kier molecular flexibility index (Phi) is 7.78. The number of amides is 1. The fraction of sp³-hybridized carbons (Fsp3) is 0.161. The number of ether oxygens (including phenoxy) is 1. The molecular weight excluding hydrogens is 498 g/mol. The van der Waals surface area contributed by atoms with Crippen LogP contribution >= 0.6 is 0 Å².